The SMILES string of the molecule is CCc1nn(-c2nc(OC)c3c(cnn3CC3CCN(Cc4ccc(F)cc4)CC3)n2)cc1C(=O)O. The number of benzene rings is 1. The predicted molar refractivity (Wildman–Crippen MR) is 130 cm³/mol. The lowest BCUT2D eigenvalue weighted by Gasteiger charge is -2.32. The molecular formula is C25H28FN7O3. The number of methoxy groups -OCH3 is 1. The van der Waals surface area contributed by atoms with Crippen molar-refractivity contribution in [2.45, 2.75) is 39.3 Å². The number of rotatable bonds is 8. The summed E-state index contributed by atoms with van der Waals surface area (Å²) >= 11 is 0. The van der Waals surface area contributed by atoms with Gasteiger partial charge in [-0.15, -0.1) is 0 Å². The monoisotopic (exact) mass is 493 g/mol. The van der Waals surface area contributed by atoms with E-state index in [0.29, 0.717) is 34.9 Å². The molecule has 1 aliphatic rings. The molecule has 5 rings (SSSR count). The molecule has 4 aromatic rings. The topological polar surface area (TPSA) is 111 Å². The van der Waals surface area contributed by atoms with Crippen molar-refractivity contribution in [3.8, 4) is 11.8 Å². The van der Waals surface area contributed by atoms with Crippen LogP contribution in [0.4, 0.5) is 4.39 Å². The highest BCUT2D eigenvalue weighted by atomic mass is 19.1. The Labute approximate surface area is 207 Å². The summed E-state index contributed by atoms with van der Waals surface area (Å²) in [5.41, 5.74) is 3.02. The van der Waals surface area contributed by atoms with E-state index in [2.05, 4.69) is 25.1 Å². The summed E-state index contributed by atoms with van der Waals surface area (Å²) in [6, 6.07) is 6.69. The van der Waals surface area contributed by atoms with E-state index in [9.17, 15) is 14.3 Å². The molecule has 0 unspecified atom stereocenters. The fraction of sp³-hybridized carbons (Fsp3) is 0.400. The molecule has 1 saturated heterocycles. The van der Waals surface area contributed by atoms with Crippen LogP contribution in [0.25, 0.3) is 17.0 Å². The Bertz CT molecular complexity index is 1370. The van der Waals surface area contributed by atoms with E-state index in [4.69, 9.17) is 4.74 Å². The standard InChI is InChI=1S/C25H28FN7O3/c1-3-20-19(24(34)35)15-33(30-20)25-28-21-12-27-32(22(21)23(29-25)36-2)14-17-8-10-31(11-9-17)13-16-4-6-18(26)7-5-16/h4-7,12,15,17H,3,8-11,13-14H2,1-2H3,(H,34,35). The highest BCUT2D eigenvalue weighted by Crippen LogP contribution is 2.27. The van der Waals surface area contributed by atoms with Crippen molar-refractivity contribution < 1.29 is 19.0 Å². The molecule has 0 spiro atoms. The first-order chi connectivity index (χ1) is 17.4. The lowest BCUT2D eigenvalue weighted by atomic mass is 9.96. The molecule has 188 valence electrons. The number of carboxylic acid groups (broad SMARTS) is 1. The summed E-state index contributed by atoms with van der Waals surface area (Å²) in [6.07, 6.45) is 5.62. The number of halogens is 1. The number of aromatic carboxylic acids is 1. The molecule has 1 aromatic carbocycles. The van der Waals surface area contributed by atoms with Crippen LogP contribution in [0.5, 0.6) is 5.88 Å². The van der Waals surface area contributed by atoms with Crippen molar-refractivity contribution in [2.75, 3.05) is 20.2 Å². The number of hydrogen-bond donors (Lipinski definition) is 1. The Morgan fingerprint density at radius 3 is 2.58 bits per heavy atom. The molecule has 10 nitrogen and oxygen atoms in total. The van der Waals surface area contributed by atoms with Gasteiger partial charge in [0.1, 0.15) is 22.4 Å². The largest absolute Gasteiger partial charge is 0.479 e. The molecule has 36 heavy (non-hydrogen) atoms. The molecule has 0 saturated carbocycles. The molecule has 1 aliphatic heterocycles. The average molecular weight is 494 g/mol. The first-order valence-corrected chi connectivity index (χ1v) is 12.0. The van der Waals surface area contributed by atoms with E-state index in [0.717, 1.165) is 44.6 Å². The van der Waals surface area contributed by atoms with Gasteiger partial charge in [0.25, 0.3) is 5.95 Å². The second-order valence-electron chi connectivity index (χ2n) is 9.03. The van der Waals surface area contributed by atoms with Crippen LogP contribution < -0.4 is 4.74 Å². The van der Waals surface area contributed by atoms with Gasteiger partial charge in [0.15, 0.2) is 0 Å². The van der Waals surface area contributed by atoms with Crippen LogP contribution in [0.2, 0.25) is 0 Å². The first kappa shape index (κ1) is 23.9. The lowest BCUT2D eigenvalue weighted by Crippen LogP contribution is -2.34. The summed E-state index contributed by atoms with van der Waals surface area (Å²) in [7, 11) is 1.54. The fourth-order valence-corrected chi connectivity index (χ4v) is 4.71. The number of aryl methyl sites for hydroxylation is 1. The van der Waals surface area contributed by atoms with Gasteiger partial charge < -0.3 is 9.84 Å². The van der Waals surface area contributed by atoms with Crippen molar-refractivity contribution >= 4 is 17.0 Å². The number of carboxylic acids is 1. The van der Waals surface area contributed by atoms with E-state index in [1.54, 1.807) is 13.3 Å². The number of carbonyl (C=O) groups is 1. The highest BCUT2D eigenvalue weighted by molar-refractivity contribution is 5.88. The van der Waals surface area contributed by atoms with Gasteiger partial charge in [0.2, 0.25) is 5.88 Å². The van der Waals surface area contributed by atoms with Gasteiger partial charge in [0, 0.05) is 19.3 Å². The maximum atomic E-state index is 13.2. The van der Waals surface area contributed by atoms with Crippen LogP contribution in [0, 0.1) is 11.7 Å². The third-order valence-electron chi connectivity index (χ3n) is 6.66. The van der Waals surface area contributed by atoms with Crippen molar-refractivity contribution in [3.05, 3.63) is 59.3 Å². The number of hydrogen-bond acceptors (Lipinski definition) is 7. The molecule has 11 heteroatoms. The minimum Gasteiger partial charge on any atom is -0.479 e. The predicted octanol–water partition coefficient (Wildman–Crippen LogP) is 3.33. The van der Waals surface area contributed by atoms with Crippen LogP contribution in [0.15, 0.2) is 36.7 Å². The molecule has 1 fully saturated rings. The molecule has 0 radical (unpaired) electrons. The molecular weight excluding hydrogens is 465 g/mol. The smallest absolute Gasteiger partial charge is 0.339 e. The summed E-state index contributed by atoms with van der Waals surface area (Å²) in [5.74, 6) is -0.210. The van der Waals surface area contributed by atoms with Crippen LogP contribution in [-0.4, -0.2) is 65.7 Å². The van der Waals surface area contributed by atoms with Crippen LogP contribution in [0.1, 0.15) is 41.4 Å². The Balaban J connectivity index is 1.31. The van der Waals surface area contributed by atoms with Gasteiger partial charge >= 0.3 is 5.97 Å². The summed E-state index contributed by atoms with van der Waals surface area (Å²) in [6.45, 7) is 5.31. The normalized spacial score (nSPS) is 15.0. The van der Waals surface area contributed by atoms with Gasteiger partial charge in [-0.3, -0.25) is 9.58 Å². The van der Waals surface area contributed by atoms with E-state index < -0.39 is 5.97 Å². The van der Waals surface area contributed by atoms with Crippen molar-refractivity contribution in [3.63, 3.8) is 0 Å². The van der Waals surface area contributed by atoms with Crippen molar-refractivity contribution in [2.24, 2.45) is 5.92 Å². The summed E-state index contributed by atoms with van der Waals surface area (Å²) in [4.78, 5) is 23.0. The first-order valence-electron chi connectivity index (χ1n) is 12.0. The Kier molecular flexibility index (Phi) is 6.64. The molecule has 0 atom stereocenters. The zero-order valence-electron chi connectivity index (χ0n) is 20.3. The minimum atomic E-state index is -1.04. The van der Waals surface area contributed by atoms with Gasteiger partial charge in [-0.05, 0) is 56.0 Å². The van der Waals surface area contributed by atoms with Gasteiger partial charge in [0.05, 0.1) is 19.0 Å². The second kappa shape index (κ2) is 10.0. The summed E-state index contributed by atoms with van der Waals surface area (Å²) < 4.78 is 22.0. The molecule has 4 heterocycles. The molecule has 1 N–H and O–H groups in total. The Hall–Kier alpha value is -3.86. The molecule has 0 aliphatic carbocycles. The highest BCUT2D eigenvalue weighted by Gasteiger charge is 2.23. The van der Waals surface area contributed by atoms with Gasteiger partial charge in [-0.25, -0.2) is 18.9 Å². The zero-order valence-corrected chi connectivity index (χ0v) is 20.3. The lowest BCUT2D eigenvalue weighted by molar-refractivity contribution is 0.0695. The van der Waals surface area contributed by atoms with Gasteiger partial charge in [-0.1, -0.05) is 19.1 Å². The van der Waals surface area contributed by atoms with E-state index in [-0.39, 0.29) is 17.3 Å². The third-order valence-corrected chi connectivity index (χ3v) is 6.66. The number of likely N-dealkylation sites (tertiary alicyclic amines) is 1. The quantitative estimate of drug-likeness (QED) is 0.398. The Morgan fingerprint density at radius 1 is 1.19 bits per heavy atom. The van der Waals surface area contributed by atoms with Crippen LogP contribution in [-0.2, 0) is 19.5 Å². The van der Waals surface area contributed by atoms with Crippen molar-refractivity contribution in [1.29, 1.82) is 0 Å². The number of fused-ring (bicyclic) bond motifs is 1. The number of piperidine rings is 1. The number of aromatic nitrogens is 6. The average Bonchev–Trinajstić information content (AvgIpc) is 3.51. The maximum absolute atomic E-state index is 13.2. The number of nitrogens with zero attached hydrogens (tertiary/aromatic N) is 7. The zero-order chi connectivity index (χ0) is 25.2. The molecule has 0 bridgehead atoms. The second-order valence-corrected chi connectivity index (χ2v) is 9.03. The maximum Gasteiger partial charge on any atom is 0.339 e. The van der Waals surface area contributed by atoms with Crippen molar-refractivity contribution in [1.82, 2.24) is 34.4 Å². The van der Waals surface area contributed by atoms with Gasteiger partial charge in [-0.2, -0.15) is 15.2 Å². The summed E-state index contributed by atoms with van der Waals surface area (Å²) in [5, 5.41) is 18.3. The van der Waals surface area contributed by atoms with E-state index >= 15 is 0 Å². The number of ether oxygens (including phenoxy) is 1. The van der Waals surface area contributed by atoms with Crippen LogP contribution >= 0.6 is 0 Å². The van der Waals surface area contributed by atoms with Crippen LogP contribution in [0.3, 0.4) is 0 Å². The van der Waals surface area contributed by atoms with E-state index in [1.165, 1.54) is 23.0 Å². The fourth-order valence-electron chi connectivity index (χ4n) is 4.71. The molecule has 3 aromatic heterocycles. The third kappa shape index (κ3) is 4.78. The minimum absolute atomic E-state index is 0.127. The molecule has 0 amide bonds. The van der Waals surface area contributed by atoms with E-state index in [1.807, 2.05) is 23.7 Å². The Morgan fingerprint density at radius 2 is 1.94 bits per heavy atom.